The maximum Gasteiger partial charge on any atom is 0.0881 e. The Labute approximate surface area is 105 Å². The highest BCUT2D eigenvalue weighted by Crippen LogP contribution is 2.24. The lowest BCUT2D eigenvalue weighted by atomic mass is 10.1. The first kappa shape index (κ1) is 10.8. The molecule has 1 atom stereocenters. The molecule has 0 saturated carbocycles. The fourth-order valence-corrected chi connectivity index (χ4v) is 2.04. The Morgan fingerprint density at radius 1 is 1.17 bits per heavy atom. The van der Waals surface area contributed by atoms with Crippen LogP contribution < -0.4 is 5.32 Å². The first-order valence-electron chi connectivity index (χ1n) is 5.93. The van der Waals surface area contributed by atoms with Gasteiger partial charge in [-0.15, -0.1) is 0 Å². The van der Waals surface area contributed by atoms with Crippen molar-refractivity contribution in [3.8, 4) is 0 Å². The number of aromatic amines is 1. The SMILES string of the molecule is CC(Nc1cccc2cn[nH]c12)c1cccnc1. The van der Waals surface area contributed by atoms with Gasteiger partial charge in [-0.3, -0.25) is 10.1 Å². The normalized spacial score (nSPS) is 12.5. The Bertz CT molecular complexity index is 645. The van der Waals surface area contributed by atoms with Gasteiger partial charge in [0.25, 0.3) is 0 Å². The number of hydrogen-bond acceptors (Lipinski definition) is 3. The molecule has 0 saturated heterocycles. The molecule has 2 heterocycles. The molecule has 0 fully saturated rings. The van der Waals surface area contributed by atoms with Crippen molar-refractivity contribution in [3.05, 3.63) is 54.5 Å². The van der Waals surface area contributed by atoms with Gasteiger partial charge < -0.3 is 5.32 Å². The molecule has 0 amide bonds. The number of H-pyrrole nitrogens is 1. The highest BCUT2D eigenvalue weighted by Gasteiger charge is 2.08. The molecule has 0 aliphatic rings. The average Bonchev–Trinajstić information content (AvgIpc) is 2.89. The van der Waals surface area contributed by atoms with Gasteiger partial charge in [0.05, 0.1) is 23.4 Å². The van der Waals surface area contributed by atoms with Crippen molar-refractivity contribution in [2.24, 2.45) is 0 Å². The first-order valence-corrected chi connectivity index (χ1v) is 5.93. The lowest BCUT2D eigenvalue weighted by Gasteiger charge is -2.15. The molecule has 3 aromatic rings. The van der Waals surface area contributed by atoms with Crippen molar-refractivity contribution in [1.29, 1.82) is 0 Å². The van der Waals surface area contributed by atoms with E-state index in [2.05, 4.69) is 33.5 Å². The highest BCUT2D eigenvalue weighted by atomic mass is 15.1. The number of anilines is 1. The molecule has 18 heavy (non-hydrogen) atoms. The Morgan fingerprint density at radius 3 is 2.94 bits per heavy atom. The molecule has 0 radical (unpaired) electrons. The fourth-order valence-electron chi connectivity index (χ4n) is 2.04. The molecule has 4 nitrogen and oxygen atoms in total. The van der Waals surface area contributed by atoms with Crippen molar-refractivity contribution in [2.75, 3.05) is 5.32 Å². The van der Waals surface area contributed by atoms with Crippen LogP contribution in [0.5, 0.6) is 0 Å². The number of rotatable bonds is 3. The first-order chi connectivity index (χ1) is 8.84. The van der Waals surface area contributed by atoms with Crippen molar-refractivity contribution >= 4 is 16.6 Å². The Balaban J connectivity index is 1.91. The van der Waals surface area contributed by atoms with Crippen molar-refractivity contribution in [3.63, 3.8) is 0 Å². The zero-order valence-electron chi connectivity index (χ0n) is 10.1. The van der Waals surface area contributed by atoms with E-state index in [0.29, 0.717) is 0 Å². The molecule has 0 aliphatic carbocycles. The minimum Gasteiger partial charge on any atom is -0.377 e. The molecule has 3 rings (SSSR count). The average molecular weight is 238 g/mol. The van der Waals surface area contributed by atoms with Crippen LogP contribution in [0.15, 0.2) is 48.9 Å². The van der Waals surface area contributed by atoms with Gasteiger partial charge in [-0.1, -0.05) is 18.2 Å². The van der Waals surface area contributed by atoms with E-state index in [-0.39, 0.29) is 6.04 Å². The predicted molar refractivity (Wildman–Crippen MR) is 72.4 cm³/mol. The van der Waals surface area contributed by atoms with Crippen LogP contribution in [0, 0.1) is 0 Å². The lowest BCUT2D eigenvalue weighted by Crippen LogP contribution is -2.07. The van der Waals surface area contributed by atoms with Crippen LogP contribution in [0.4, 0.5) is 5.69 Å². The number of para-hydroxylation sites is 1. The molecule has 0 bridgehead atoms. The van der Waals surface area contributed by atoms with Crippen molar-refractivity contribution < 1.29 is 0 Å². The number of fused-ring (bicyclic) bond motifs is 1. The number of benzene rings is 1. The Morgan fingerprint density at radius 2 is 2.11 bits per heavy atom. The summed E-state index contributed by atoms with van der Waals surface area (Å²) in [5, 5.41) is 11.7. The summed E-state index contributed by atoms with van der Waals surface area (Å²) in [6.45, 7) is 2.12. The summed E-state index contributed by atoms with van der Waals surface area (Å²) in [7, 11) is 0. The minimum absolute atomic E-state index is 0.201. The van der Waals surface area contributed by atoms with Crippen LogP contribution in [0.1, 0.15) is 18.5 Å². The van der Waals surface area contributed by atoms with Crippen LogP contribution in [0.2, 0.25) is 0 Å². The van der Waals surface area contributed by atoms with Gasteiger partial charge >= 0.3 is 0 Å². The largest absolute Gasteiger partial charge is 0.377 e. The van der Waals surface area contributed by atoms with Gasteiger partial charge in [-0.25, -0.2) is 0 Å². The third-order valence-electron chi connectivity index (χ3n) is 3.03. The number of nitrogens with one attached hydrogen (secondary N) is 2. The van der Waals surface area contributed by atoms with Crippen LogP contribution >= 0.6 is 0 Å². The summed E-state index contributed by atoms with van der Waals surface area (Å²) >= 11 is 0. The van der Waals surface area contributed by atoms with E-state index in [1.165, 1.54) is 0 Å². The topological polar surface area (TPSA) is 53.6 Å². The molecule has 2 N–H and O–H groups in total. The number of aromatic nitrogens is 3. The van der Waals surface area contributed by atoms with Crippen molar-refractivity contribution in [2.45, 2.75) is 13.0 Å². The molecule has 4 heteroatoms. The van der Waals surface area contributed by atoms with Crippen molar-refractivity contribution in [1.82, 2.24) is 15.2 Å². The Kier molecular flexibility index (Phi) is 2.68. The Hall–Kier alpha value is -2.36. The molecule has 1 unspecified atom stereocenters. The van der Waals surface area contributed by atoms with E-state index in [9.17, 15) is 0 Å². The molecule has 90 valence electrons. The van der Waals surface area contributed by atoms with Crippen LogP contribution in [0.25, 0.3) is 10.9 Å². The molecule has 2 aromatic heterocycles. The van der Waals surface area contributed by atoms with Crippen LogP contribution in [-0.2, 0) is 0 Å². The summed E-state index contributed by atoms with van der Waals surface area (Å²) in [6, 6.07) is 10.3. The summed E-state index contributed by atoms with van der Waals surface area (Å²) in [5.74, 6) is 0. The number of hydrogen-bond donors (Lipinski definition) is 2. The number of pyridine rings is 1. The van der Waals surface area contributed by atoms with Crippen LogP contribution in [0.3, 0.4) is 0 Å². The van der Waals surface area contributed by atoms with E-state index >= 15 is 0 Å². The van der Waals surface area contributed by atoms with Gasteiger partial charge in [0.15, 0.2) is 0 Å². The van der Waals surface area contributed by atoms with Gasteiger partial charge in [-0.05, 0) is 24.6 Å². The molecular formula is C14H14N4. The second kappa shape index (κ2) is 4.49. The minimum atomic E-state index is 0.201. The number of nitrogens with zero attached hydrogens (tertiary/aromatic N) is 2. The second-order valence-corrected chi connectivity index (χ2v) is 4.29. The zero-order valence-corrected chi connectivity index (χ0v) is 10.1. The quantitative estimate of drug-likeness (QED) is 0.737. The van der Waals surface area contributed by atoms with E-state index in [0.717, 1.165) is 22.2 Å². The summed E-state index contributed by atoms with van der Waals surface area (Å²) < 4.78 is 0. The maximum atomic E-state index is 4.14. The third kappa shape index (κ3) is 1.93. The zero-order chi connectivity index (χ0) is 12.4. The fraction of sp³-hybridized carbons (Fsp3) is 0.143. The molecule has 0 spiro atoms. The standard InChI is InChI=1S/C14H14N4/c1-10(11-5-3-7-15-8-11)17-13-6-2-4-12-9-16-18-14(12)13/h2-10,17H,1H3,(H,16,18). The van der Waals surface area contributed by atoms with Gasteiger partial charge in [-0.2, -0.15) is 5.10 Å². The maximum absolute atomic E-state index is 4.14. The molecule has 1 aromatic carbocycles. The van der Waals surface area contributed by atoms with Gasteiger partial charge in [0, 0.05) is 17.8 Å². The summed E-state index contributed by atoms with van der Waals surface area (Å²) in [5.41, 5.74) is 3.25. The third-order valence-corrected chi connectivity index (χ3v) is 3.03. The van der Waals surface area contributed by atoms with Gasteiger partial charge in [0.2, 0.25) is 0 Å². The monoisotopic (exact) mass is 238 g/mol. The lowest BCUT2D eigenvalue weighted by molar-refractivity contribution is 0.876. The second-order valence-electron chi connectivity index (χ2n) is 4.29. The van der Waals surface area contributed by atoms with E-state index < -0.39 is 0 Å². The van der Waals surface area contributed by atoms with Crippen LogP contribution in [-0.4, -0.2) is 15.2 Å². The van der Waals surface area contributed by atoms with Gasteiger partial charge in [0.1, 0.15) is 0 Å². The molecule has 0 aliphatic heterocycles. The van der Waals surface area contributed by atoms with E-state index in [4.69, 9.17) is 0 Å². The van der Waals surface area contributed by atoms with E-state index in [1.54, 1.807) is 6.20 Å². The molecular weight excluding hydrogens is 224 g/mol. The smallest absolute Gasteiger partial charge is 0.0881 e. The summed E-state index contributed by atoms with van der Waals surface area (Å²) in [6.07, 6.45) is 5.49. The summed E-state index contributed by atoms with van der Waals surface area (Å²) in [4.78, 5) is 4.14. The van der Waals surface area contributed by atoms with E-state index in [1.807, 2.05) is 36.7 Å². The highest BCUT2D eigenvalue weighted by molar-refractivity contribution is 5.90. The predicted octanol–water partition coefficient (Wildman–Crippen LogP) is 3.13.